The third-order valence-electron chi connectivity index (χ3n) is 1.67. The second-order valence-electron chi connectivity index (χ2n) is 3.09. The third kappa shape index (κ3) is 11.1. The van der Waals surface area contributed by atoms with Crippen molar-refractivity contribution < 1.29 is 27.8 Å². The first-order valence-corrected chi connectivity index (χ1v) is 4.42. The van der Waals surface area contributed by atoms with Crippen LogP contribution in [0.5, 0.6) is 0 Å². The summed E-state index contributed by atoms with van der Waals surface area (Å²) in [5.74, 6) is -0.907. The van der Waals surface area contributed by atoms with Gasteiger partial charge >= 0.3 is 12.3 Å². The molecule has 0 aliphatic carbocycles. The molecule has 0 amide bonds. The molecule has 0 aromatic rings. The summed E-state index contributed by atoms with van der Waals surface area (Å²) in [6, 6.07) is 0. The minimum absolute atomic E-state index is 0.0183. The maximum atomic E-state index is 11.5. The van der Waals surface area contributed by atoms with Crippen LogP contribution in [0.2, 0.25) is 0 Å². The van der Waals surface area contributed by atoms with Gasteiger partial charge in [0, 0.05) is 13.0 Å². The van der Waals surface area contributed by atoms with Crippen LogP contribution in [0.15, 0.2) is 0 Å². The second-order valence-corrected chi connectivity index (χ2v) is 3.09. The van der Waals surface area contributed by atoms with E-state index in [0.29, 0.717) is 13.0 Å². The van der Waals surface area contributed by atoms with Crippen LogP contribution in [0, 0.1) is 0 Å². The molecule has 0 heterocycles. The van der Waals surface area contributed by atoms with Crippen LogP contribution < -0.4 is 0 Å². The van der Waals surface area contributed by atoms with Gasteiger partial charge in [-0.3, -0.25) is 9.53 Å². The normalized spacial score (nSPS) is 12.1. The van der Waals surface area contributed by atoms with Gasteiger partial charge in [-0.05, 0) is 20.0 Å². The number of carboxylic acids is 1. The number of ether oxygens (including phenoxy) is 1. The smallest absolute Gasteiger partial charge is 0.481 e. The summed E-state index contributed by atoms with van der Waals surface area (Å²) in [7, 11) is 1.61. The van der Waals surface area contributed by atoms with E-state index in [1.807, 2.05) is 0 Å². The summed E-state index contributed by atoms with van der Waals surface area (Å²) in [6.45, 7) is 0.125. The lowest BCUT2D eigenvalue weighted by Gasteiger charge is -2.16. The Hall–Kier alpha value is -0.820. The maximum absolute atomic E-state index is 11.5. The highest BCUT2D eigenvalue weighted by molar-refractivity contribution is 5.66. The zero-order chi connectivity index (χ0) is 11.9. The molecule has 0 radical (unpaired) electrons. The van der Waals surface area contributed by atoms with Crippen LogP contribution in [0.1, 0.15) is 12.8 Å². The molecule has 0 rings (SSSR count). The predicted octanol–water partition coefficient (Wildman–Crippen LogP) is 1.32. The second kappa shape index (κ2) is 6.62. The van der Waals surface area contributed by atoms with Crippen molar-refractivity contribution in [3.8, 4) is 0 Å². The molecule has 0 saturated carbocycles. The van der Waals surface area contributed by atoms with Crippen molar-refractivity contribution in [3.05, 3.63) is 0 Å². The summed E-state index contributed by atoms with van der Waals surface area (Å²) < 4.78 is 38.2. The number of carboxylic acid groups (broad SMARTS) is 1. The van der Waals surface area contributed by atoms with Crippen LogP contribution in [-0.2, 0) is 9.53 Å². The molecule has 0 atom stereocenters. The average molecular weight is 229 g/mol. The topological polar surface area (TPSA) is 49.8 Å². The van der Waals surface area contributed by atoms with Crippen LogP contribution in [-0.4, -0.2) is 49.1 Å². The van der Waals surface area contributed by atoms with Crippen molar-refractivity contribution in [1.82, 2.24) is 4.90 Å². The molecule has 0 saturated heterocycles. The van der Waals surface area contributed by atoms with E-state index in [1.165, 1.54) is 0 Å². The van der Waals surface area contributed by atoms with E-state index in [0.717, 1.165) is 0 Å². The lowest BCUT2D eigenvalue weighted by atomic mass is 10.3. The first kappa shape index (κ1) is 14.2. The Morgan fingerprint density at radius 1 is 1.40 bits per heavy atom. The number of rotatable bonds is 7. The molecular weight excluding hydrogens is 215 g/mol. The summed E-state index contributed by atoms with van der Waals surface area (Å²) in [6.07, 6.45) is -4.16. The lowest BCUT2D eigenvalue weighted by molar-refractivity contribution is -0.324. The Balaban J connectivity index is 3.41. The fourth-order valence-corrected chi connectivity index (χ4v) is 0.929. The van der Waals surface area contributed by atoms with Gasteiger partial charge in [-0.2, -0.15) is 0 Å². The summed E-state index contributed by atoms with van der Waals surface area (Å²) in [4.78, 5) is 11.7. The number of halogens is 3. The highest BCUT2D eigenvalue weighted by Crippen LogP contribution is 2.15. The monoisotopic (exact) mass is 229 g/mol. The van der Waals surface area contributed by atoms with Gasteiger partial charge in [0.25, 0.3) is 0 Å². The van der Waals surface area contributed by atoms with E-state index >= 15 is 0 Å². The van der Waals surface area contributed by atoms with Crippen molar-refractivity contribution in [2.45, 2.75) is 19.2 Å². The van der Waals surface area contributed by atoms with Crippen molar-refractivity contribution >= 4 is 5.97 Å². The van der Waals surface area contributed by atoms with Crippen LogP contribution >= 0.6 is 0 Å². The fraction of sp³-hybridized carbons (Fsp3) is 0.875. The zero-order valence-electron chi connectivity index (χ0n) is 8.38. The Morgan fingerprint density at radius 2 is 2.00 bits per heavy atom. The Labute approximate surface area is 85.6 Å². The molecule has 7 heteroatoms. The van der Waals surface area contributed by atoms with Gasteiger partial charge in [0.2, 0.25) is 0 Å². The van der Waals surface area contributed by atoms with Gasteiger partial charge in [-0.1, -0.05) is 0 Å². The Bertz CT molecular complexity index is 196. The number of hydrogen-bond acceptors (Lipinski definition) is 3. The molecule has 0 bridgehead atoms. The SMILES string of the molecule is CN(CCCC(=O)O)CCOC(F)(F)F. The van der Waals surface area contributed by atoms with E-state index in [9.17, 15) is 18.0 Å². The van der Waals surface area contributed by atoms with E-state index in [2.05, 4.69) is 4.74 Å². The van der Waals surface area contributed by atoms with Gasteiger partial charge in [0.05, 0.1) is 6.61 Å². The molecule has 0 spiro atoms. The standard InChI is InChI=1S/C8H14F3NO3/c1-12(4-2-3-7(13)14)5-6-15-8(9,10)11/h2-6H2,1H3,(H,13,14). The van der Waals surface area contributed by atoms with Gasteiger partial charge in [-0.15, -0.1) is 13.2 Å². The van der Waals surface area contributed by atoms with Crippen molar-refractivity contribution in [3.63, 3.8) is 0 Å². The van der Waals surface area contributed by atoms with Crippen LogP contribution in [0.25, 0.3) is 0 Å². The molecule has 1 N–H and O–H groups in total. The van der Waals surface area contributed by atoms with Crippen molar-refractivity contribution in [2.24, 2.45) is 0 Å². The number of aliphatic carboxylic acids is 1. The quantitative estimate of drug-likeness (QED) is 0.715. The first-order chi connectivity index (χ1) is 6.81. The fourth-order valence-electron chi connectivity index (χ4n) is 0.929. The molecule has 0 aromatic carbocycles. The third-order valence-corrected chi connectivity index (χ3v) is 1.67. The molecule has 0 fully saturated rings. The number of hydrogen-bond donors (Lipinski definition) is 1. The molecule has 0 aliphatic heterocycles. The highest BCUT2D eigenvalue weighted by Gasteiger charge is 2.28. The minimum atomic E-state index is -4.60. The van der Waals surface area contributed by atoms with Gasteiger partial charge < -0.3 is 10.0 Å². The molecule has 90 valence electrons. The molecule has 0 unspecified atom stereocenters. The molecular formula is C8H14F3NO3. The molecule has 15 heavy (non-hydrogen) atoms. The largest absolute Gasteiger partial charge is 0.522 e. The van der Waals surface area contributed by atoms with Gasteiger partial charge in [0.15, 0.2) is 0 Å². The minimum Gasteiger partial charge on any atom is -0.481 e. The molecule has 4 nitrogen and oxygen atoms in total. The van der Waals surface area contributed by atoms with Crippen molar-refractivity contribution in [1.29, 1.82) is 0 Å². The maximum Gasteiger partial charge on any atom is 0.522 e. The number of carbonyl (C=O) groups is 1. The van der Waals surface area contributed by atoms with E-state index in [1.54, 1.807) is 11.9 Å². The highest BCUT2D eigenvalue weighted by atomic mass is 19.4. The van der Waals surface area contributed by atoms with E-state index in [4.69, 9.17) is 5.11 Å². The number of likely N-dealkylation sites (N-methyl/N-ethyl adjacent to an activating group) is 1. The summed E-state index contributed by atoms with van der Waals surface area (Å²) in [5.41, 5.74) is 0. The molecule has 0 aliphatic rings. The van der Waals surface area contributed by atoms with Gasteiger partial charge in [-0.25, -0.2) is 0 Å². The van der Waals surface area contributed by atoms with Gasteiger partial charge in [0.1, 0.15) is 0 Å². The average Bonchev–Trinajstić information content (AvgIpc) is 2.00. The Morgan fingerprint density at radius 3 is 2.47 bits per heavy atom. The zero-order valence-corrected chi connectivity index (χ0v) is 8.38. The Kier molecular flexibility index (Phi) is 6.26. The van der Waals surface area contributed by atoms with Crippen LogP contribution in [0.4, 0.5) is 13.2 Å². The van der Waals surface area contributed by atoms with E-state index in [-0.39, 0.29) is 13.0 Å². The first-order valence-electron chi connectivity index (χ1n) is 4.42. The predicted molar refractivity (Wildman–Crippen MR) is 46.4 cm³/mol. The number of alkyl halides is 3. The molecule has 0 aromatic heterocycles. The van der Waals surface area contributed by atoms with Crippen molar-refractivity contribution in [2.75, 3.05) is 26.7 Å². The summed E-state index contributed by atoms with van der Waals surface area (Å²) >= 11 is 0. The summed E-state index contributed by atoms with van der Waals surface area (Å²) in [5, 5.41) is 8.32. The number of nitrogens with zero attached hydrogens (tertiary/aromatic N) is 1. The van der Waals surface area contributed by atoms with E-state index < -0.39 is 18.9 Å². The van der Waals surface area contributed by atoms with Crippen LogP contribution in [0.3, 0.4) is 0 Å². The lowest BCUT2D eigenvalue weighted by Crippen LogP contribution is -2.27.